The minimum absolute atomic E-state index is 0.0160. The molecular formula is C27H39NOSi. The van der Waals surface area contributed by atoms with Gasteiger partial charge in [0, 0.05) is 17.8 Å². The van der Waals surface area contributed by atoms with Crippen molar-refractivity contribution in [3.8, 4) is 0 Å². The molecule has 0 aliphatic heterocycles. The lowest BCUT2D eigenvalue weighted by molar-refractivity contribution is -0.00472. The first kappa shape index (κ1) is 22.8. The first-order chi connectivity index (χ1) is 14.3. The van der Waals surface area contributed by atoms with Gasteiger partial charge in [-0.25, -0.2) is 0 Å². The van der Waals surface area contributed by atoms with E-state index >= 15 is 0 Å². The van der Waals surface area contributed by atoms with Gasteiger partial charge in [0.15, 0.2) is 8.24 Å². The van der Waals surface area contributed by atoms with Crippen molar-refractivity contribution in [3.05, 3.63) is 71.8 Å². The summed E-state index contributed by atoms with van der Waals surface area (Å²) in [7, 11) is -1.73. The molecule has 1 N–H and O–H groups in total. The molecule has 0 heterocycles. The fourth-order valence-electron chi connectivity index (χ4n) is 4.38. The van der Waals surface area contributed by atoms with E-state index in [1.165, 1.54) is 42.5 Å². The first-order valence-corrected chi connectivity index (χ1v) is 14.6. The molecule has 0 bridgehead atoms. The molecule has 162 valence electrons. The zero-order valence-corrected chi connectivity index (χ0v) is 20.5. The average Bonchev–Trinajstić information content (AvgIpc) is 3.07. The molecule has 0 amide bonds. The first-order valence-electron chi connectivity index (χ1n) is 11.5. The summed E-state index contributed by atoms with van der Waals surface area (Å²) in [6, 6.07) is 19.7. The molecule has 0 saturated heterocycles. The fourth-order valence-corrected chi connectivity index (χ4v) is 7.09. The van der Waals surface area contributed by atoms with Gasteiger partial charge in [0.2, 0.25) is 0 Å². The van der Waals surface area contributed by atoms with Crippen molar-refractivity contribution in [2.75, 3.05) is 11.6 Å². The highest BCUT2D eigenvalue weighted by atomic mass is 28.3. The number of hydrogen-bond acceptors (Lipinski definition) is 2. The molecule has 0 aromatic heterocycles. The summed E-state index contributed by atoms with van der Waals surface area (Å²) in [4.78, 5) is 3.90. The Morgan fingerprint density at radius 1 is 0.867 bits per heavy atom. The lowest BCUT2D eigenvalue weighted by atomic mass is 10.0. The van der Waals surface area contributed by atoms with Gasteiger partial charge in [-0.3, -0.25) is 0 Å². The molecule has 30 heavy (non-hydrogen) atoms. The molecule has 3 rings (SSSR count). The number of benzene rings is 2. The number of para-hydroxylation sites is 1. The van der Waals surface area contributed by atoms with Crippen LogP contribution in [0.25, 0.3) is 5.57 Å². The smallest absolute Gasteiger partial charge is 0.158 e. The Morgan fingerprint density at radius 2 is 1.53 bits per heavy atom. The van der Waals surface area contributed by atoms with E-state index in [-0.39, 0.29) is 5.60 Å². The molecule has 2 nitrogen and oxygen atoms in total. The number of anilines is 1. The van der Waals surface area contributed by atoms with Crippen molar-refractivity contribution < 1.29 is 4.74 Å². The number of nitrogens with one attached hydrogen (secondary N) is 1. The van der Waals surface area contributed by atoms with Gasteiger partial charge in [-0.15, -0.1) is 0 Å². The zero-order chi connectivity index (χ0) is 21.6. The second kappa shape index (κ2) is 9.98. The average molecular weight is 422 g/mol. The van der Waals surface area contributed by atoms with Gasteiger partial charge in [0.25, 0.3) is 0 Å². The van der Waals surface area contributed by atoms with Crippen molar-refractivity contribution in [2.45, 2.75) is 77.1 Å². The summed E-state index contributed by atoms with van der Waals surface area (Å²) in [5, 5.41) is 0. The summed E-state index contributed by atoms with van der Waals surface area (Å²) in [6.07, 6.45) is 8.72. The zero-order valence-electron chi connectivity index (χ0n) is 19.5. The SMILES string of the molecule is CC(C)(C)OCCCCCCC1=CC([Si](C)(C)Nc2ccccc2)c2ccccc21. The molecule has 1 unspecified atom stereocenters. The van der Waals surface area contributed by atoms with E-state index in [1.807, 2.05) is 0 Å². The third-order valence-electron chi connectivity index (χ3n) is 5.90. The normalized spacial score (nSPS) is 16.3. The Kier molecular flexibility index (Phi) is 7.59. The van der Waals surface area contributed by atoms with E-state index in [4.69, 9.17) is 4.74 Å². The van der Waals surface area contributed by atoms with Gasteiger partial charge in [-0.05, 0) is 68.9 Å². The molecule has 0 spiro atoms. The minimum Gasteiger partial charge on any atom is -0.410 e. The highest BCUT2D eigenvalue weighted by Gasteiger charge is 2.37. The summed E-state index contributed by atoms with van der Waals surface area (Å²) < 4.78 is 5.84. The molecule has 1 aliphatic rings. The van der Waals surface area contributed by atoms with Gasteiger partial charge in [-0.2, -0.15) is 0 Å². The van der Waals surface area contributed by atoms with Crippen LogP contribution >= 0.6 is 0 Å². The van der Waals surface area contributed by atoms with Gasteiger partial charge in [-0.1, -0.05) is 74.5 Å². The molecule has 1 atom stereocenters. The number of unbranched alkanes of at least 4 members (excludes halogenated alkanes) is 3. The van der Waals surface area contributed by atoms with E-state index in [0.29, 0.717) is 5.54 Å². The third kappa shape index (κ3) is 6.33. The second-order valence-corrected chi connectivity index (χ2v) is 14.4. The van der Waals surface area contributed by atoms with E-state index in [2.05, 4.69) is 99.5 Å². The summed E-state index contributed by atoms with van der Waals surface area (Å²) in [5.41, 5.74) is 6.30. The summed E-state index contributed by atoms with van der Waals surface area (Å²) in [6.45, 7) is 12.2. The Bertz CT molecular complexity index is 835. The number of rotatable bonds is 10. The van der Waals surface area contributed by atoms with Gasteiger partial charge >= 0.3 is 0 Å². The number of hydrogen-bond donors (Lipinski definition) is 1. The Labute approximate surface area is 184 Å². The molecule has 0 radical (unpaired) electrons. The maximum Gasteiger partial charge on any atom is 0.158 e. The van der Waals surface area contributed by atoms with Crippen LogP contribution in [0.15, 0.2) is 60.7 Å². The van der Waals surface area contributed by atoms with Crippen LogP contribution in [0.1, 0.15) is 69.5 Å². The molecule has 2 aromatic rings. The summed E-state index contributed by atoms with van der Waals surface area (Å²) in [5.74, 6) is 0. The van der Waals surface area contributed by atoms with Crippen molar-refractivity contribution >= 4 is 19.5 Å². The maximum absolute atomic E-state index is 5.84. The molecular weight excluding hydrogens is 382 g/mol. The van der Waals surface area contributed by atoms with Crippen molar-refractivity contribution in [2.24, 2.45) is 0 Å². The highest BCUT2D eigenvalue weighted by molar-refractivity contribution is 6.82. The molecule has 3 heteroatoms. The van der Waals surface area contributed by atoms with E-state index in [1.54, 1.807) is 5.57 Å². The second-order valence-electron chi connectivity index (χ2n) is 10.1. The van der Waals surface area contributed by atoms with Crippen LogP contribution in [0.2, 0.25) is 13.1 Å². The fraction of sp³-hybridized carbons (Fsp3) is 0.481. The van der Waals surface area contributed by atoms with E-state index in [9.17, 15) is 0 Å². The number of ether oxygens (including phenoxy) is 1. The van der Waals surface area contributed by atoms with Crippen molar-refractivity contribution in [1.29, 1.82) is 0 Å². The summed E-state index contributed by atoms with van der Waals surface area (Å²) >= 11 is 0. The van der Waals surface area contributed by atoms with Gasteiger partial charge in [0.05, 0.1) is 5.60 Å². The monoisotopic (exact) mass is 421 g/mol. The van der Waals surface area contributed by atoms with Crippen molar-refractivity contribution in [3.63, 3.8) is 0 Å². The third-order valence-corrected chi connectivity index (χ3v) is 8.87. The van der Waals surface area contributed by atoms with E-state index in [0.717, 1.165) is 13.0 Å². The van der Waals surface area contributed by atoms with E-state index < -0.39 is 8.24 Å². The topological polar surface area (TPSA) is 21.3 Å². The largest absolute Gasteiger partial charge is 0.410 e. The lowest BCUT2D eigenvalue weighted by Crippen LogP contribution is -2.42. The predicted octanol–water partition coefficient (Wildman–Crippen LogP) is 7.79. The van der Waals surface area contributed by atoms with Crippen molar-refractivity contribution in [1.82, 2.24) is 0 Å². The molecule has 2 aromatic carbocycles. The Balaban J connectivity index is 1.58. The highest BCUT2D eigenvalue weighted by Crippen LogP contribution is 2.43. The standard InChI is InChI=1S/C27H39NOSi/c1-27(2,3)29-20-14-7-6-9-15-22-21-26(25-19-13-12-18-24(22)25)30(4,5)28-23-16-10-8-11-17-23/h8,10-13,16-19,21,26,28H,6-7,9,14-15,20H2,1-5H3. The number of allylic oxidation sites excluding steroid dienone is 2. The lowest BCUT2D eigenvalue weighted by Gasteiger charge is -2.31. The molecule has 0 saturated carbocycles. The Morgan fingerprint density at radius 3 is 2.27 bits per heavy atom. The van der Waals surface area contributed by atoms with Crippen LogP contribution in [0, 0.1) is 0 Å². The van der Waals surface area contributed by atoms with Gasteiger partial charge < -0.3 is 9.72 Å². The van der Waals surface area contributed by atoms with Crippen LogP contribution in [0.4, 0.5) is 5.69 Å². The van der Waals surface area contributed by atoms with Crippen LogP contribution < -0.4 is 4.98 Å². The molecule has 0 fully saturated rings. The van der Waals surface area contributed by atoms with Crippen LogP contribution in [0.5, 0.6) is 0 Å². The van der Waals surface area contributed by atoms with Crippen LogP contribution in [0.3, 0.4) is 0 Å². The maximum atomic E-state index is 5.84. The van der Waals surface area contributed by atoms with Crippen LogP contribution in [-0.4, -0.2) is 20.4 Å². The Hall–Kier alpha value is -1.84. The van der Waals surface area contributed by atoms with Gasteiger partial charge in [0.1, 0.15) is 0 Å². The number of fused-ring (bicyclic) bond motifs is 1. The minimum atomic E-state index is -1.73. The quantitative estimate of drug-likeness (QED) is 0.312. The molecule has 1 aliphatic carbocycles. The predicted molar refractivity (Wildman–Crippen MR) is 133 cm³/mol. The van der Waals surface area contributed by atoms with Crippen LogP contribution in [-0.2, 0) is 4.74 Å².